The Labute approximate surface area is 109 Å². The van der Waals surface area contributed by atoms with Crippen LogP contribution in [0.2, 0.25) is 0 Å². The molecule has 0 saturated carbocycles. The van der Waals surface area contributed by atoms with Gasteiger partial charge in [-0.05, 0) is 33.9 Å². The largest absolute Gasteiger partial charge is 0.354 e. The van der Waals surface area contributed by atoms with Gasteiger partial charge < -0.3 is 9.80 Å². The summed E-state index contributed by atoms with van der Waals surface area (Å²) in [5.74, 6) is 0.974. The van der Waals surface area contributed by atoms with Crippen LogP contribution in [0.15, 0.2) is 0 Å². The molecule has 1 aliphatic rings. The summed E-state index contributed by atoms with van der Waals surface area (Å²) in [5.41, 5.74) is 1.54. The van der Waals surface area contributed by atoms with Gasteiger partial charge in [0.1, 0.15) is 17.5 Å². The van der Waals surface area contributed by atoms with Crippen molar-refractivity contribution in [1.82, 2.24) is 14.7 Å². The molecule has 5 heteroatoms. The van der Waals surface area contributed by atoms with Crippen molar-refractivity contribution in [3.63, 3.8) is 0 Å². The molecule has 1 aromatic heterocycles. The Balaban J connectivity index is 2.29. The zero-order valence-corrected chi connectivity index (χ0v) is 11.6. The monoisotopic (exact) mass is 247 g/mol. The van der Waals surface area contributed by atoms with Gasteiger partial charge in [0.25, 0.3) is 0 Å². The molecule has 0 spiro atoms. The molecule has 1 aromatic rings. The lowest BCUT2D eigenvalue weighted by molar-refractivity contribution is 0.257. The molecular formula is C13H21N5. The second kappa shape index (κ2) is 4.99. The van der Waals surface area contributed by atoms with E-state index in [1.54, 1.807) is 0 Å². The Hall–Kier alpha value is -1.54. The van der Waals surface area contributed by atoms with Gasteiger partial charge in [-0.25, -0.2) is 0 Å². The van der Waals surface area contributed by atoms with E-state index in [1.807, 2.05) is 18.7 Å². The third-order valence-corrected chi connectivity index (χ3v) is 3.73. The summed E-state index contributed by atoms with van der Waals surface area (Å²) >= 11 is 0. The minimum absolute atomic E-state index is 0.556. The van der Waals surface area contributed by atoms with Crippen molar-refractivity contribution in [2.75, 3.05) is 32.1 Å². The zero-order chi connectivity index (χ0) is 13.3. The maximum Gasteiger partial charge on any atom is 0.145 e. The second-order valence-corrected chi connectivity index (χ2v) is 5.23. The number of piperidine rings is 1. The van der Waals surface area contributed by atoms with Crippen LogP contribution in [-0.4, -0.2) is 47.9 Å². The predicted octanol–water partition coefficient (Wildman–Crippen LogP) is 1.13. The number of likely N-dealkylation sites (N-methyl/N-ethyl adjacent to an activating group) is 1. The number of aromatic nitrogens is 2. The Morgan fingerprint density at radius 3 is 2.78 bits per heavy atom. The Morgan fingerprint density at radius 1 is 1.44 bits per heavy atom. The van der Waals surface area contributed by atoms with Crippen molar-refractivity contribution in [3.05, 3.63) is 11.3 Å². The van der Waals surface area contributed by atoms with E-state index < -0.39 is 0 Å². The van der Waals surface area contributed by atoms with Crippen LogP contribution < -0.4 is 4.90 Å². The summed E-state index contributed by atoms with van der Waals surface area (Å²) in [5, 5.41) is 13.6. The second-order valence-electron chi connectivity index (χ2n) is 5.23. The number of aryl methyl sites for hydroxylation is 2. The molecule has 0 radical (unpaired) electrons. The van der Waals surface area contributed by atoms with E-state index in [-0.39, 0.29) is 0 Å². The van der Waals surface area contributed by atoms with E-state index in [9.17, 15) is 5.26 Å². The lowest BCUT2D eigenvalue weighted by Gasteiger charge is -2.37. The molecule has 1 aliphatic heterocycles. The summed E-state index contributed by atoms with van der Waals surface area (Å²) in [4.78, 5) is 4.56. The average Bonchev–Trinajstić information content (AvgIpc) is 2.63. The van der Waals surface area contributed by atoms with Crippen LogP contribution in [0.3, 0.4) is 0 Å². The molecule has 98 valence electrons. The van der Waals surface area contributed by atoms with Gasteiger partial charge in [0.15, 0.2) is 0 Å². The average molecular weight is 247 g/mol. The van der Waals surface area contributed by atoms with E-state index in [0.717, 1.165) is 36.6 Å². The fourth-order valence-corrected chi connectivity index (χ4v) is 2.71. The SMILES string of the molecule is Cc1nn(C)c(N2CCCC(N(C)C)C2)c1C#N. The van der Waals surface area contributed by atoms with E-state index in [1.165, 1.54) is 6.42 Å². The summed E-state index contributed by atoms with van der Waals surface area (Å²) in [6.07, 6.45) is 2.39. The maximum atomic E-state index is 9.28. The number of hydrogen-bond acceptors (Lipinski definition) is 4. The van der Waals surface area contributed by atoms with Gasteiger partial charge in [0, 0.05) is 26.2 Å². The van der Waals surface area contributed by atoms with Crippen molar-refractivity contribution in [3.8, 4) is 6.07 Å². The number of anilines is 1. The summed E-state index contributed by atoms with van der Waals surface area (Å²) in [7, 11) is 6.16. The summed E-state index contributed by atoms with van der Waals surface area (Å²) in [6, 6.07) is 2.84. The molecule has 18 heavy (non-hydrogen) atoms. The Kier molecular flexibility index (Phi) is 3.58. The molecule has 0 N–H and O–H groups in total. The molecule has 0 aliphatic carbocycles. The van der Waals surface area contributed by atoms with Crippen LogP contribution >= 0.6 is 0 Å². The Morgan fingerprint density at radius 2 is 2.17 bits per heavy atom. The van der Waals surface area contributed by atoms with Gasteiger partial charge in [-0.2, -0.15) is 10.4 Å². The quantitative estimate of drug-likeness (QED) is 0.786. The summed E-state index contributed by atoms with van der Waals surface area (Å²) < 4.78 is 1.84. The molecule has 2 heterocycles. The molecule has 5 nitrogen and oxygen atoms in total. The highest BCUT2D eigenvalue weighted by Crippen LogP contribution is 2.26. The molecule has 0 bridgehead atoms. The van der Waals surface area contributed by atoms with Crippen molar-refractivity contribution < 1.29 is 0 Å². The smallest absolute Gasteiger partial charge is 0.145 e. The van der Waals surface area contributed by atoms with Crippen molar-refractivity contribution >= 4 is 5.82 Å². The number of rotatable bonds is 2. The topological polar surface area (TPSA) is 48.1 Å². The number of hydrogen-bond donors (Lipinski definition) is 0. The first-order chi connectivity index (χ1) is 8.54. The van der Waals surface area contributed by atoms with Crippen LogP contribution in [0.25, 0.3) is 0 Å². The summed E-state index contributed by atoms with van der Waals surface area (Å²) in [6.45, 7) is 3.88. The number of nitriles is 1. The minimum atomic E-state index is 0.556. The highest BCUT2D eigenvalue weighted by Gasteiger charge is 2.26. The van der Waals surface area contributed by atoms with Crippen LogP contribution in [0, 0.1) is 18.3 Å². The van der Waals surface area contributed by atoms with Crippen molar-refractivity contribution in [2.45, 2.75) is 25.8 Å². The van der Waals surface area contributed by atoms with E-state index in [0.29, 0.717) is 6.04 Å². The number of nitrogens with zero attached hydrogens (tertiary/aromatic N) is 5. The molecule has 0 aromatic carbocycles. The standard InChI is InChI=1S/C13H21N5/c1-10-12(8-14)13(17(4)15-10)18-7-5-6-11(9-18)16(2)3/h11H,5-7,9H2,1-4H3. The van der Waals surface area contributed by atoms with Crippen molar-refractivity contribution in [1.29, 1.82) is 5.26 Å². The third-order valence-electron chi connectivity index (χ3n) is 3.73. The molecular weight excluding hydrogens is 226 g/mol. The fourth-order valence-electron chi connectivity index (χ4n) is 2.71. The minimum Gasteiger partial charge on any atom is -0.354 e. The van der Waals surface area contributed by atoms with Gasteiger partial charge in [-0.1, -0.05) is 0 Å². The molecule has 1 fully saturated rings. The van der Waals surface area contributed by atoms with Gasteiger partial charge >= 0.3 is 0 Å². The van der Waals surface area contributed by atoms with Gasteiger partial charge in [-0.3, -0.25) is 4.68 Å². The normalized spacial score (nSPS) is 20.2. The lowest BCUT2D eigenvalue weighted by Crippen LogP contribution is -2.46. The lowest BCUT2D eigenvalue weighted by atomic mass is 10.0. The molecule has 1 unspecified atom stereocenters. The molecule has 1 saturated heterocycles. The van der Waals surface area contributed by atoms with Gasteiger partial charge in [0.2, 0.25) is 0 Å². The first-order valence-electron chi connectivity index (χ1n) is 6.39. The van der Waals surface area contributed by atoms with Gasteiger partial charge in [0.05, 0.1) is 5.69 Å². The Bertz CT molecular complexity index is 468. The third kappa shape index (κ3) is 2.21. The predicted molar refractivity (Wildman–Crippen MR) is 71.6 cm³/mol. The van der Waals surface area contributed by atoms with Crippen LogP contribution in [0.4, 0.5) is 5.82 Å². The van der Waals surface area contributed by atoms with Crippen molar-refractivity contribution in [2.24, 2.45) is 7.05 Å². The van der Waals surface area contributed by atoms with E-state index >= 15 is 0 Å². The van der Waals surface area contributed by atoms with Gasteiger partial charge in [-0.15, -0.1) is 0 Å². The fraction of sp³-hybridized carbons (Fsp3) is 0.692. The molecule has 0 amide bonds. The van der Waals surface area contributed by atoms with Crippen LogP contribution in [0.1, 0.15) is 24.1 Å². The van der Waals surface area contributed by atoms with E-state index in [2.05, 4.69) is 35.1 Å². The highest BCUT2D eigenvalue weighted by atomic mass is 15.4. The highest BCUT2D eigenvalue weighted by molar-refractivity contribution is 5.57. The molecule has 2 rings (SSSR count). The zero-order valence-electron chi connectivity index (χ0n) is 11.6. The first kappa shape index (κ1) is 12.9. The van der Waals surface area contributed by atoms with Crippen LogP contribution in [-0.2, 0) is 7.05 Å². The molecule has 1 atom stereocenters. The van der Waals surface area contributed by atoms with E-state index in [4.69, 9.17) is 0 Å². The first-order valence-corrected chi connectivity index (χ1v) is 6.39. The maximum absolute atomic E-state index is 9.28. The van der Waals surface area contributed by atoms with Crippen LogP contribution in [0.5, 0.6) is 0 Å².